The first kappa shape index (κ1) is 22.0. The van der Waals surface area contributed by atoms with Crippen molar-refractivity contribution in [2.24, 2.45) is 0 Å². The summed E-state index contributed by atoms with van der Waals surface area (Å²) in [6, 6.07) is 10.2. The van der Waals surface area contributed by atoms with E-state index < -0.39 is 16.8 Å². The van der Waals surface area contributed by atoms with Gasteiger partial charge in [0, 0.05) is 52.2 Å². The lowest BCUT2D eigenvalue weighted by Gasteiger charge is -2.36. The summed E-state index contributed by atoms with van der Waals surface area (Å²) in [5.74, 6) is -1.19. The standard InChI is InChI=1S/C24H24N2O5S/c1-3-9-31-24(28)21-14(2)25-18-12-16(20-8-5-10-32-20)13-19(27)23(18)22(21)15-6-4-7-17(11-15)26(29)30/h4-8,10-11,16,22,25H,3,9,12-13H2,1-2H3/t16-,22-/m1/s1. The number of nitro groups is 1. The highest BCUT2D eigenvalue weighted by Crippen LogP contribution is 2.46. The van der Waals surface area contributed by atoms with E-state index in [1.165, 1.54) is 12.1 Å². The second-order valence-corrected chi connectivity index (χ2v) is 9.00. The third-order valence-electron chi connectivity index (χ3n) is 5.84. The van der Waals surface area contributed by atoms with E-state index in [0.717, 1.165) is 10.6 Å². The molecule has 0 unspecified atom stereocenters. The van der Waals surface area contributed by atoms with E-state index in [1.54, 1.807) is 30.4 Å². The number of benzene rings is 1. The van der Waals surface area contributed by atoms with Crippen LogP contribution in [0.2, 0.25) is 0 Å². The maximum absolute atomic E-state index is 13.4. The third-order valence-corrected chi connectivity index (χ3v) is 6.88. The molecular weight excluding hydrogens is 428 g/mol. The Morgan fingerprint density at radius 1 is 1.28 bits per heavy atom. The molecule has 0 radical (unpaired) electrons. The first-order chi connectivity index (χ1) is 15.4. The van der Waals surface area contributed by atoms with Crippen LogP contribution < -0.4 is 5.32 Å². The Hall–Kier alpha value is -3.26. The molecule has 2 heterocycles. The minimum Gasteiger partial charge on any atom is -0.462 e. The molecule has 1 aromatic heterocycles. The van der Waals surface area contributed by atoms with Gasteiger partial charge in [-0.15, -0.1) is 11.3 Å². The van der Waals surface area contributed by atoms with E-state index in [9.17, 15) is 19.7 Å². The predicted octanol–water partition coefficient (Wildman–Crippen LogP) is 4.97. The van der Waals surface area contributed by atoms with Crippen LogP contribution in [0.25, 0.3) is 0 Å². The van der Waals surface area contributed by atoms with Crippen LogP contribution in [0.1, 0.15) is 55.4 Å². The normalized spacial score (nSPS) is 20.6. The van der Waals surface area contributed by atoms with Gasteiger partial charge in [0.15, 0.2) is 5.78 Å². The van der Waals surface area contributed by atoms with E-state index in [2.05, 4.69) is 5.32 Å². The highest BCUT2D eigenvalue weighted by Gasteiger charge is 2.41. The highest BCUT2D eigenvalue weighted by molar-refractivity contribution is 7.10. The molecule has 0 amide bonds. The van der Waals surface area contributed by atoms with Gasteiger partial charge in [0.25, 0.3) is 5.69 Å². The molecule has 32 heavy (non-hydrogen) atoms. The van der Waals surface area contributed by atoms with Crippen LogP contribution in [0.15, 0.2) is 64.3 Å². The van der Waals surface area contributed by atoms with Gasteiger partial charge in [-0.3, -0.25) is 14.9 Å². The van der Waals surface area contributed by atoms with Gasteiger partial charge in [-0.2, -0.15) is 0 Å². The summed E-state index contributed by atoms with van der Waals surface area (Å²) in [5, 5.41) is 16.7. The lowest BCUT2D eigenvalue weighted by Crippen LogP contribution is -2.36. The fraction of sp³-hybridized carbons (Fsp3) is 0.333. The van der Waals surface area contributed by atoms with Gasteiger partial charge in [-0.25, -0.2) is 4.79 Å². The van der Waals surface area contributed by atoms with Crippen molar-refractivity contribution in [1.29, 1.82) is 0 Å². The zero-order valence-electron chi connectivity index (χ0n) is 17.9. The topological polar surface area (TPSA) is 98.5 Å². The van der Waals surface area contributed by atoms with Crippen molar-refractivity contribution >= 4 is 28.8 Å². The van der Waals surface area contributed by atoms with E-state index in [-0.39, 0.29) is 24.0 Å². The van der Waals surface area contributed by atoms with Crippen LogP contribution in [0.4, 0.5) is 5.69 Å². The number of ketones is 1. The molecule has 8 heteroatoms. The second kappa shape index (κ2) is 9.08. The van der Waals surface area contributed by atoms with E-state index in [4.69, 9.17) is 4.74 Å². The summed E-state index contributed by atoms with van der Waals surface area (Å²) in [7, 11) is 0. The zero-order chi connectivity index (χ0) is 22.8. The molecule has 2 aromatic rings. The molecule has 166 valence electrons. The van der Waals surface area contributed by atoms with Gasteiger partial charge in [0.1, 0.15) is 0 Å². The zero-order valence-corrected chi connectivity index (χ0v) is 18.7. The molecular formula is C24H24N2O5S. The maximum Gasteiger partial charge on any atom is 0.336 e. The van der Waals surface area contributed by atoms with Gasteiger partial charge < -0.3 is 10.1 Å². The van der Waals surface area contributed by atoms with Gasteiger partial charge in [0.05, 0.1) is 17.1 Å². The molecule has 0 saturated carbocycles. The van der Waals surface area contributed by atoms with Crippen LogP contribution in [0.3, 0.4) is 0 Å². The Labute approximate surface area is 189 Å². The number of nitrogens with zero attached hydrogens (tertiary/aromatic N) is 1. The van der Waals surface area contributed by atoms with Gasteiger partial charge >= 0.3 is 5.97 Å². The van der Waals surface area contributed by atoms with E-state index in [1.807, 2.05) is 24.4 Å². The molecule has 1 aromatic carbocycles. The molecule has 0 saturated heterocycles. The first-order valence-corrected chi connectivity index (χ1v) is 11.5. The number of hydrogen-bond acceptors (Lipinski definition) is 7. The van der Waals surface area contributed by atoms with Gasteiger partial charge in [-0.05, 0) is 36.8 Å². The summed E-state index contributed by atoms with van der Waals surface area (Å²) in [6.07, 6.45) is 1.65. The second-order valence-electron chi connectivity index (χ2n) is 8.02. The van der Waals surface area contributed by atoms with Crippen LogP contribution >= 0.6 is 11.3 Å². The van der Waals surface area contributed by atoms with Crippen LogP contribution in [-0.2, 0) is 14.3 Å². The number of carbonyl (C=O) groups is 2. The minimum atomic E-state index is -0.702. The monoisotopic (exact) mass is 452 g/mol. The number of nitro benzene ring substituents is 1. The van der Waals surface area contributed by atoms with Crippen molar-refractivity contribution in [1.82, 2.24) is 5.32 Å². The number of dihydropyridines is 1. The summed E-state index contributed by atoms with van der Waals surface area (Å²) in [6.45, 7) is 3.95. The average molecular weight is 453 g/mol. The van der Waals surface area contributed by atoms with E-state index >= 15 is 0 Å². The molecule has 4 rings (SSSR count). The van der Waals surface area contributed by atoms with Gasteiger partial charge in [0.2, 0.25) is 0 Å². The Balaban J connectivity index is 1.82. The first-order valence-electron chi connectivity index (χ1n) is 10.6. The molecule has 0 bridgehead atoms. The Morgan fingerprint density at radius 3 is 2.78 bits per heavy atom. The Kier molecular flexibility index (Phi) is 6.23. The number of ether oxygens (including phenoxy) is 1. The van der Waals surface area contributed by atoms with Crippen LogP contribution in [-0.4, -0.2) is 23.3 Å². The minimum absolute atomic E-state index is 0.0538. The number of rotatable bonds is 6. The van der Waals surface area contributed by atoms with E-state index in [0.29, 0.717) is 41.7 Å². The number of hydrogen-bond donors (Lipinski definition) is 1. The van der Waals surface area contributed by atoms with Crippen molar-refractivity contribution in [2.75, 3.05) is 6.61 Å². The molecule has 0 fully saturated rings. The number of esters is 1. The number of allylic oxidation sites excluding steroid dienone is 3. The number of carbonyl (C=O) groups excluding carboxylic acids is 2. The lowest BCUT2D eigenvalue weighted by atomic mass is 9.72. The molecule has 7 nitrogen and oxygen atoms in total. The summed E-state index contributed by atoms with van der Waals surface area (Å²) < 4.78 is 5.42. The quantitative estimate of drug-likeness (QED) is 0.377. The fourth-order valence-electron chi connectivity index (χ4n) is 4.46. The summed E-state index contributed by atoms with van der Waals surface area (Å²) in [4.78, 5) is 38.5. The molecule has 1 N–H and O–H groups in total. The van der Waals surface area contributed by atoms with Crippen molar-refractivity contribution < 1.29 is 19.2 Å². The lowest BCUT2D eigenvalue weighted by molar-refractivity contribution is -0.384. The maximum atomic E-state index is 13.4. The van der Waals surface area contributed by atoms with Crippen LogP contribution in [0, 0.1) is 10.1 Å². The number of thiophene rings is 1. The molecule has 0 spiro atoms. The molecule has 2 aliphatic rings. The van der Waals surface area contributed by atoms with Crippen molar-refractivity contribution in [3.63, 3.8) is 0 Å². The summed E-state index contributed by atoms with van der Waals surface area (Å²) >= 11 is 1.62. The predicted molar refractivity (Wildman–Crippen MR) is 121 cm³/mol. The molecule has 1 aliphatic heterocycles. The van der Waals surface area contributed by atoms with Crippen LogP contribution in [0.5, 0.6) is 0 Å². The largest absolute Gasteiger partial charge is 0.462 e. The number of Topliss-reactive ketones (excluding diaryl/α,β-unsaturated/α-hetero) is 1. The third kappa shape index (κ3) is 4.10. The SMILES string of the molecule is CCCOC(=O)C1=C(C)NC2=C(C(=O)C[C@H](c3cccs3)C2)[C@@H]1c1cccc([N+](=O)[O-])c1. The summed E-state index contributed by atoms with van der Waals surface area (Å²) in [5.41, 5.74) is 2.69. The van der Waals surface area contributed by atoms with Crippen molar-refractivity contribution in [3.8, 4) is 0 Å². The smallest absolute Gasteiger partial charge is 0.336 e. The Bertz CT molecular complexity index is 1130. The number of non-ortho nitro benzene ring substituents is 1. The average Bonchev–Trinajstić information content (AvgIpc) is 3.31. The highest BCUT2D eigenvalue weighted by atomic mass is 32.1. The van der Waals surface area contributed by atoms with Crippen molar-refractivity contribution in [3.05, 3.63) is 84.9 Å². The number of nitrogens with one attached hydrogen (secondary N) is 1. The molecule has 1 aliphatic carbocycles. The molecule has 2 atom stereocenters. The fourth-order valence-corrected chi connectivity index (χ4v) is 5.29. The Morgan fingerprint density at radius 2 is 2.09 bits per heavy atom. The van der Waals surface area contributed by atoms with Gasteiger partial charge in [-0.1, -0.05) is 25.1 Å². The van der Waals surface area contributed by atoms with Crippen molar-refractivity contribution in [2.45, 2.75) is 44.9 Å².